The van der Waals surface area contributed by atoms with Crippen molar-refractivity contribution < 1.29 is 9.90 Å². The predicted octanol–water partition coefficient (Wildman–Crippen LogP) is 6.39. The maximum Gasteiger partial charge on any atom is 0.303 e. The van der Waals surface area contributed by atoms with Gasteiger partial charge in [-0.2, -0.15) is 0 Å². The number of unbranched alkanes of at least 4 members (excludes halogenated alkanes) is 5. The first-order valence-electron chi connectivity index (χ1n) is 8.48. The zero-order chi connectivity index (χ0) is 16.4. The number of benzene rings is 1. The van der Waals surface area contributed by atoms with E-state index in [-0.39, 0.29) is 0 Å². The minimum Gasteiger partial charge on any atom is -0.481 e. The molecule has 0 fully saturated rings. The zero-order valence-electron chi connectivity index (χ0n) is 13.9. The van der Waals surface area contributed by atoms with Crippen LogP contribution in [0.2, 0.25) is 0 Å². The largest absolute Gasteiger partial charge is 0.481 e. The highest BCUT2D eigenvalue weighted by molar-refractivity contribution is 9.10. The Morgan fingerprint density at radius 2 is 1.55 bits per heavy atom. The second-order valence-corrected chi connectivity index (χ2v) is 7.29. The van der Waals surface area contributed by atoms with Gasteiger partial charge >= 0.3 is 5.97 Å². The predicted molar refractivity (Wildman–Crippen MR) is 96.3 cm³/mol. The molecule has 1 aromatic carbocycles. The summed E-state index contributed by atoms with van der Waals surface area (Å²) >= 11 is 3.48. The summed E-state index contributed by atoms with van der Waals surface area (Å²) in [6.07, 6.45) is 8.42. The van der Waals surface area contributed by atoms with Crippen LogP contribution in [0.3, 0.4) is 0 Å². The van der Waals surface area contributed by atoms with Crippen molar-refractivity contribution in [2.75, 3.05) is 0 Å². The van der Waals surface area contributed by atoms with Gasteiger partial charge in [0.2, 0.25) is 0 Å². The Kier molecular flexibility index (Phi) is 9.45. The molecule has 0 heterocycles. The first-order chi connectivity index (χ1) is 10.5. The molecule has 2 unspecified atom stereocenters. The van der Waals surface area contributed by atoms with E-state index in [1.807, 2.05) is 0 Å². The van der Waals surface area contributed by atoms with Crippen molar-refractivity contribution in [1.82, 2.24) is 0 Å². The highest BCUT2D eigenvalue weighted by Crippen LogP contribution is 2.29. The van der Waals surface area contributed by atoms with Crippen molar-refractivity contribution in [1.29, 1.82) is 0 Å². The zero-order valence-corrected chi connectivity index (χ0v) is 15.4. The number of carboxylic acid groups (broad SMARTS) is 1. The lowest BCUT2D eigenvalue weighted by Crippen LogP contribution is -2.06. The smallest absolute Gasteiger partial charge is 0.303 e. The SMILES string of the molecule is CC(CCCCCCCCC(=O)O)C(C)c1ccc(Br)cc1. The summed E-state index contributed by atoms with van der Waals surface area (Å²) in [7, 11) is 0. The van der Waals surface area contributed by atoms with Gasteiger partial charge in [-0.25, -0.2) is 0 Å². The maximum atomic E-state index is 10.4. The minimum absolute atomic E-state index is 0.321. The van der Waals surface area contributed by atoms with Crippen LogP contribution in [0, 0.1) is 5.92 Å². The van der Waals surface area contributed by atoms with Crippen LogP contribution in [0.15, 0.2) is 28.7 Å². The average molecular weight is 369 g/mol. The molecule has 0 bridgehead atoms. The van der Waals surface area contributed by atoms with Crippen molar-refractivity contribution in [2.45, 2.75) is 71.1 Å². The summed E-state index contributed by atoms with van der Waals surface area (Å²) in [4.78, 5) is 10.4. The van der Waals surface area contributed by atoms with E-state index >= 15 is 0 Å². The average Bonchev–Trinajstić information content (AvgIpc) is 2.49. The molecule has 1 rings (SSSR count). The second kappa shape index (κ2) is 10.8. The minimum atomic E-state index is -0.671. The number of rotatable bonds is 11. The summed E-state index contributed by atoms with van der Waals surface area (Å²) in [5.41, 5.74) is 1.42. The molecular formula is C19H29BrO2. The van der Waals surface area contributed by atoms with E-state index in [1.165, 1.54) is 37.7 Å². The van der Waals surface area contributed by atoms with E-state index in [2.05, 4.69) is 54.0 Å². The molecule has 0 amide bonds. The molecule has 1 aromatic rings. The van der Waals surface area contributed by atoms with Gasteiger partial charge in [-0.1, -0.05) is 80.4 Å². The Morgan fingerprint density at radius 3 is 2.14 bits per heavy atom. The van der Waals surface area contributed by atoms with Crippen LogP contribution in [0.4, 0.5) is 0 Å². The number of carboxylic acids is 1. The van der Waals surface area contributed by atoms with Crippen molar-refractivity contribution in [3.05, 3.63) is 34.3 Å². The molecule has 22 heavy (non-hydrogen) atoms. The van der Waals surface area contributed by atoms with Gasteiger partial charge < -0.3 is 5.11 Å². The van der Waals surface area contributed by atoms with Crippen molar-refractivity contribution >= 4 is 21.9 Å². The molecule has 2 atom stereocenters. The summed E-state index contributed by atoms with van der Waals surface area (Å²) in [6.45, 7) is 4.67. The number of aliphatic carboxylic acids is 1. The molecule has 124 valence electrons. The number of carbonyl (C=O) groups is 1. The summed E-state index contributed by atoms with van der Waals surface area (Å²) in [5.74, 6) is 0.632. The third-order valence-corrected chi connectivity index (χ3v) is 5.08. The van der Waals surface area contributed by atoms with Gasteiger partial charge in [-0.15, -0.1) is 0 Å². The molecule has 0 aliphatic rings. The molecule has 0 saturated heterocycles. The lowest BCUT2D eigenvalue weighted by molar-refractivity contribution is -0.137. The Labute approximate surface area is 143 Å². The first-order valence-corrected chi connectivity index (χ1v) is 9.27. The van der Waals surface area contributed by atoms with E-state index in [0.29, 0.717) is 18.3 Å². The van der Waals surface area contributed by atoms with Crippen molar-refractivity contribution in [3.63, 3.8) is 0 Å². The van der Waals surface area contributed by atoms with E-state index in [4.69, 9.17) is 5.11 Å². The van der Waals surface area contributed by atoms with E-state index in [9.17, 15) is 4.79 Å². The first kappa shape index (κ1) is 19.2. The van der Waals surface area contributed by atoms with E-state index in [0.717, 1.165) is 17.3 Å². The van der Waals surface area contributed by atoms with Gasteiger partial charge in [0.15, 0.2) is 0 Å². The van der Waals surface area contributed by atoms with Crippen LogP contribution in [-0.2, 0) is 4.79 Å². The third-order valence-electron chi connectivity index (χ3n) is 4.55. The Balaban J connectivity index is 2.11. The summed E-state index contributed by atoms with van der Waals surface area (Å²) in [6, 6.07) is 8.67. The highest BCUT2D eigenvalue weighted by atomic mass is 79.9. The monoisotopic (exact) mass is 368 g/mol. The van der Waals surface area contributed by atoms with Crippen LogP contribution >= 0.6 is 15.9 Å². The van der Waals surface area contributed by atoms with E-state index in [1.54, 1.807) is 0 Å². The lowest BCUT2D eigenvalue weighted by atomic mass is 9.85. The van der Waals surface area contributed by atoms with Crippen LogP contribution in [0.25, 0.3) is 0 Å². The Bertz CT molecular complexity index is 428. The molecule has 1 N–H and O–H groups in total. The molecule has 0 aliphatic carbocycles. The van der Waals surface area contributed by atoms with Crippen molar-refractivity contribution in [2.24, 2.45) is 5.92 Å². The van der Waals surface area contributed by atoms with Crippen LogP contribution in [0.5, 0.6) is 0 Å². The number of hydrogen-bond donors (Lipinski definition) is 1. The van der Waals surface area contributed by atoms with Crippen LogP contribution < -0.4 is 0 Å². The van der Waals surface area contributed by atoms with E-state index < -0.39 is 5.97 Å². The maximum absolute atomic E-state index is 10.4. The highest BCUT2D eigenvalue weighted by Gasteiger charge is 2.13. The standard InChI is InChI=1S/C19H29BrO2/c1-15(16(2)17-11-13-18(20)14-12-17)9-7-5-3-4-6-8-10-19(21)22/h11-16H,3-10H2,1-2H3,(H,21,22). The van der Waals surface area contributed by atoms with Crippen molar-refractivity contribution in [3.8, 4) is 0 Å². The fourth-order valence-electron chi connectivity index (χ4n) is 2.79. The molecule has 3 heteroatoms. The normalized spacial score (nSPS) is 13.8. The molecule has 2 nitrogen and oxygen atoms in total. The van der Waals surface area contributed by atoms with Crippen LogP contribution in [0.1, 0.15) is 76.7 Å². The quantitative estimate of drug-likeness (QED) is 0.459. The fraction of sp³-hybridized carbons (Fsp3) is 0.632. The molecule has 0 saturated carbocycles. The van der Waals surface area contributed by atoms with Gasteiger partial charge in [-0.3, -0.25) is 4.79 Å². The van der Waals surface area contributed by atoms with Gasteiger partial charge in [0.1, 0.15) is 0 Å². The number of halogens is 1. The van der Waals surface area contributed by atoms with Crippen LogP contribution in [-0.4, -0.2) is 11.1 Å². The summed E-state index contributed by atoms with van der Waals surface area (Å²) < 4.78 is 1.14. The Morgan fingerprint density at radius 1 is 1.00 bits per heavy atom. The van der Waals surface area contributed by atoms with Gasteiger partial charge in [0.25, 0.3) is 0 Å². The number of hydrogen-bond acceptors (Lipinski definition) is 1. The topological polar surface area (TPSA) is 37.3 Å². The fourth-order valence-corrected chi connectivity index (χ4v) is 3.06. The second-order valence-electron chi connectivity index (χ2n) is 6.37. The Hall–Kier alpha value is -0.830. The van der Waals surface area contributed by atoms with Gasteiger partial charge in [0.05, 0.1) is 0 Å². The molecule has 0 aliphatic heterocycles. The van der Waals surface area contributed by atoms with Gasteiger partial charge in [0, 0.05) is 10.9 Å². The molecule has 0 radical (unpaired) electrons. The third kappa shape index (κ3) is 7.98. The molecular weight excluding hydrogens is 340 g/mol. The lowest BCUT2D eigenvalue weighted by Gasteiger charge is -2.20. The molecule has 0 spiro atoms. The van der Waals surface area contributed by atoms with Gasteiger partial charge in [-0.05, 0) is 36.0 Å². The molecule has 0 aromatic heterocycles. The summed E-state index contributed by atoms with van der Waals surface area (Å²) in [5, 5.41) is 8.57.